The van der Waals surface area contributed by atoms with E-state index < -0.39 is 0 Å². The Labute approximate surface area is 178 Å². The quantitative estimate of drug-likeness (QED) is 0.460. The first-order valence-electron chi connectivity index (χ1n) is 8.46. The minimum Gasteiger partial charge on any atom is -0.332 e. The molecule has 0 aliphatic rings. The van der Waals surface area contributed by atoms with Gasteiger partial charge in [-0.1, -0.05) is 29.8 Å². The third kappa shape index (κ3) is 4.69. The van der Waals surface area contributed by atoms with Crippen molar-refractivity contribution >= 4 is 56.2 Å². The van der Waals surface area contributed by atoms with Crippen molar-refractivity contribution in [2.75, 3.05) is 10.6 Å². The molecule has 0 spiro atoms. The summed E-state index contributed by atoms with van der Waals surface area (Å²) < 4.78 is 3.05. The Morgan fingerprint density at radius 1 is 1.15 bits per heavy atom. The Hall–Kier alpha value is -1.89. The van der Waals surface area contributed by atoms with E-state index in [9.17, 15) is 0 Å². The SMILES string of the molecule is Cc1nn(Cc2cccc(NC(=S)Nc3cccc(Cl)c3C)c2)c(C)c1Br. The molecule has 0 fully saturated rings. The van der Waals surface area contributed by atoms with Crippen LogP contribution in [-0.2, 0) is 6.54 Å². The highest BCUT2D eigenvalue weighted by atomic mass is 79.9. The first-order chi connectivity index (χ1) is 12.8. The lowest BCUT2D eigenvalue weighted by Crippen LogP contribution is -2.19. The normalized spacial score (nSPS) is 10.7. The van der Waals surface area contributed by atoms with Gasteiger partial charge in [-0.2, -0.15) is 5.10 Å². The number of benzene rings is 2. The second-order valence-corrected chi connectivity index (χ2v) is 7.94. The van der Waals surface area contributed by atoms with Crippen LogP contribution in [0.3, 0.4) is 0 Å². The molecule has 0 unspecified atom stereocenters. The highest BCUT2D eigenvalue weighted by Crippen LogP contribution is 2.24. The van der Waals surface area contributed by atoms with Gasteiger partial charge < -0.3 is 10.6 Å². The largest absolute Gasteiger partial charge is 0.332 e. The Balaban J connectivity index is 1.71. The predicted octanol–water partition coefficient (Wildman–Crippen LogP) is 6.08. The second-order valence-electron chi connectivity index (χ2n) is 6.33. The standard InChI is InChI=1S/C20H20BrClN4S/c1-12-17(22)8-5-9-18(12)24-20(27)23-16-7-4-6-15(10-16)11-26-14(3)19(21)13(2)25-26/h4-10H,11H2,1-3H3,(H2,23,24,27). The number of halogens is 2. The van der Waals surface area contributed by atoms with Crippen molar-refractivity contribution in [2.45, 2.75) is 27.3 Å². The third-order valence-electron chi connectivity index (χ3n) is 4.33. The summed E-state index contributed by atoms with van der Waals surface area (Å²) in [6.07, 6.45) is 0. The lowest BCUT2D eigenvalue weighted by Gasteiger charge is -2.14. The summed E-state index contributed by atoms with van der Waals surface area (Å²) in [5, 5.41) is 12.2. The van der Waals surface area contributed by atoms with Crippen LogP contribution in [0, 0.1) is 20.8 Å². The van der Waals surface area contributed by atoms with E-state index in [2.05, 4.69) is 50.7 Å². The summed E-state index contributed by atoms with van der Waals surface area (Å²) >= 11 is 15.2. The highest BCUT2D eigenvalue weighted by Gasteiger charge is 2.09. The number of aromatic nitrogens is 2. The third-order valence-corrected chi connectivity index (χ3v) is 6.09. The van der Waals surface area contributed by atoms with Crippen molar-refractivity contribution in [3.05, 3.63) is 74.5 Å². The van der Waals surface area contributed by atoms with E-state index in [1.54, 1.807) is 0 Å². The second kappa shape index (κ2) is 8.42. The van der Waals surface area contributed by atoms with Crippen molar-refractivity contribution in [1.82, 2.24) is 9.78 Å². The Kier molecular flexibility index (Phi) is 6.19. The van der Waals surface area contributed by atoms with Crippen LogP contribution in [0.25, 0.3) is 0 Å². The Morgan fingerprint density at radius 2 is 1.89 bits per heavy atom. The summed E-state index contributed by atoms with van der Waals surface area (Å²) in [6, 6.07) is 13.8. The van der Waals surface area contributed by atoms with E-state index in [4.69, 9.17) is 23.8 Å². The van der Waals surface area contributed by atoms with E-state index in [1.807, 2.05) is 48.9 Å². The number of rotatable bonds is 4. The Morgan fingerprint density at radius 3 is 2.59 bits per heavy atom. The van der Waals surface area contributed by atoms with Crippen molar-refractivity contribution < 1.29 is 0 Å². The van der Waals surface area contributed by atoms with Crippen LogP contribution in [0.4, 0.5) is 11.4 Å². The minimum atomic E-state index is 0.520. The number of aryl methyl sites for hydroxylation is 1. The first-order valence-corrected chi connectivity index (χ1v) is 10.0. The van der Waals surface area contributed by atoms with Crippen molar-refractivity contribution in [3.8, 4) is 0 Å². The molecule has 0 bridgehead atoms. The maximum absolute atomic E-state index is 6.17. The van der Waals surface area contributed by atoms with Crippen molar-refractivity contribution in [3.63, 3.8) is 0 Å². The van der Waals surface area contributed by atoms with Crippen LogP contribution in [0.2, 0.25) is 5.02 Å². The summed E-state index contributed by atoms with van der Waals surface area (Å²) in [6.45, 7) is 6.70. The molecule has 3 rings (SSSR count). The van der Waals surface area contributed by atoms with Crippen LogP contribution < -0.4 is 10.6 Å². The van der Waals surface area contributed by atoms with Gasteiger partial charge in [-0.15, -0.1) is 0 Å². The monoisotopic (exact) mass is 462 g/mol. The molecule has 140 valence electrons. The fraction of sp³-hybridized carbons (Fsp3) is 0.200. The van der Waals surface area contributed by atoms with Gasteiger partial charge in [0, 0.05) is 16.4 Å². The van der Waals surface area contributed by atoms with Gasteiger partial charge in [-0.3, -0.25) is 4.68 Å². The van der Waals surface area contributed by atoms with Gasteiger partial charge >= 0.3 is 0 Å². The zero-order chi connectivity index (χ0) is 19.6. The van der Waals surface area contributed by atoms with Gasteiger partial charge in [-0.05, 0) is 84.3 Å². The van der Waals surface area contributed by atoms with E-state index in [0.29, 0.717) is 16.7 Å². The number of thiocarbonyl (C=S) groups is 1. The van der Waals surface area contributed by atoms with E-state index in [1.165, 1.54) is 0 Å². The van der Waals surface area contributed by atoms with Gasteiger partial charge in [0.2, 0.25) is 0 Å². The first kappa shape index (κ1) is 19.9. The zero-order valence-corrected chi connectivity index (χ0v) is 18.5. The smallest absolute Gasteiger partial charge is 0.175 e. The van der Waals surface area contributed by atoms with Gasteiger partial charge in [0.1, 0.15) is 0 Å². The van der Waals surface area contributed by atoms with Gasteiger partial charge in [0.15, 0.2) is 5.11 Å². The predicted molar refractivity (Wildman–Crippen MR) is 121 cm³/mol. The molecule has 0 amide bonds. The molecule has 0 radical (unpaired) electrons. The van der Waals surface area contributed by atoms with Crippen LogP contribution in [0.15, 0.2) is 46.9 Å². The average molecular weight is 464 g/mol. The minimum absolute atomic E-state index is 0.520. The molecule has 27 heavy (non-hydrogen) atoms. The maximum atomic E-state index is 6.17. The maximum Gasteiger partial charge on any atom is 0.175 e. The fourth-order valence-corrected chi connectivity index (χ4v) is 3.46. The van der Waals surface area contributed by atoms with Gasteiger partial charge in [0.05, 0.1) is 22.4 Å². The number of nitrogens with one attached hydrogen (secondary N) is 2. The summed E-state index contributed by atoms with van der Waals surface area (Å²) in [4.78, 5) is 0. The molecule has 0 aliphatic heterocycles. The molecule has 4 nitrogen and oxygen atoms in total. The summed E-state index contributed by atoms with van der Waals surface area (Å²) in [5.74, 6) is 0. The van der Waals surface area contributed by atoms with Crippen molar-refractivity contribution in [1.29, 1.82) is 0 Å². The lowest BCUT2D eigenvalue weighted by molar-refractivity contribution is 0.659. The molecule has 0 atom stereocenters. The molecular formula is C20H20BrClN4S. The number of anilines is 2. The van der Waals surface area contributed by atoms with E-state index >= 15 is 0 Å². The Bertz CT molecular complexity index is 1000. The van der Waals surface area contributed by atoms with Crippen molar-refractivity contribution in [2.24, 2.45) is 0 Å². The molecule has 0 aliphatic carbocycles. The molecular weight excluding hydrogens is 444 g/mol. The topological polar surface area (TPSA) is 41.9 Å². The highest BCUT2D eigenvalue weighted by molar-refractivity contribution is 9.10. The van der Waals surface area contributed by atoms with Crippen LogP contribution in [0.5, 0.6) is 0 Å². The molecule has 7 heteroatoms. The lowest BCUT2D eigenvalue weighted by atomic mass is 10.2. The van der Waals surface area contributed by atoms with Gasteiger partial charge in [0.25, 0.3) is 0 Å². The van der Waals surface area contributed by atoms with Crippen LogP contribution >= 0.6 is 39.7 Å². The number of hydrogen-bond donors (Lipinski definition) is 2. The summed E-state index contributed by atoms with van der Waals surface area (Å²) in [5.41, 5.74) is 6.02. The molecule has 2 aromatic carbocycles. The van der Waals surface area contributed by atoms with Crippen LogP contribution in [-0.4, -0.2) is 14.9 Å². The zero-order valence-electron chi connectivity index (χ0n) is 15.3. The van der Waals surface area contributed by atoms with Crippen LogP contribution in [0.1, 0.15) is 22.5 Å². The van der Waals surface area contributed by atoms with E-state index in [0.717, 1.165) is 38.4 Å². The molecule has 2 N–H and O–H groups in total. The molecule has 0 saturated carbocycles. The number of hydrogen-bond acceptors (Lipinski definition) is 2. The molecule has 0 saturated heterocycles. The summed E-state index contributed by atoms with van der Waals surface area (Å²) in [7, 11) is 0. The van der Waals surface area contributed by atoms with Gasteiger partial charge in [-0.25, -0.2) is 0 Å². The average Bonchev–Trinajstić information content (AvgIpc) is 2.86. The molecule has 1 aromatic heterocycles. The molecule has 3 aromatic rings. The van der Waals surface area contributed by atoms with E-state index in [-0.39, 0.29) is 0 Å². The molecule has 1 heterocycles. The fourth-order valence-electron chi connectivity index (χ4n) is 2.78. The number of nitrogens with zero attached hydrogens (tertiary/aromatic N) is 2.